The molecule has 0 saturated heterocycles. The Morgan fingerprint density at radius 2 is 1.89 bits per heavy atom. The number of esters is 1. The molecule has 1 fully saturated rings. The fourth-order valence-electron chi connectivity index (χ4n) is 2.74. The van der Waals surface area contributed by atoms with E-state index in [0.29, 0.717) is 17.9 Å². The van der Waals surface area contributed by atoms with E-state index in [2.05, 4.69) is 0 Å². The van der Waals surface area contributed by atoms with Gasteiger partial charge in [0.25, 0.3) is 0 Å². The molecule has 1 saturated carbocycles. The predicted molar refractivity (Wildman–Crippen MR) is 67.1 cm³/mol. The van der Waals surface area contributed by atoms with Crippen molar-refractivity contribution in [1.29, 1.82) is 0 Å². The van der Waals surface area contributed by atoms with Crippen molar-refractivity contribution in [2.45, 2.75) is 31.3 Å². The Balaban J connectivity index is 1.75. The van der Waals surface area contributed by atoms with Crippen molar-refractivity contribution in [3.05, 3.63) is 47.7 Å². The van der Waals surface area contributed by atoms with Gasteiger partial charge in [-0.1, -0.05) is 18.2 Å². The molecule has 0 bridgehead atoms. The molecule has 1 aliphatic carbocycles. The summed E-state index contributed by atoms with van der Waals surface area (Å²) in [6, 6.07) is 9.08. The summed E-state index contributed by atoms with van der Waals surface area (Å²) in [4.78, 5) is 12.0. The van der Waals surface area contributed by atoms with Crippen molar-refractivity contribution >= 4 is 5.97 Å². The normalized spacial score (nSPS) is 21.0. The van der Waals surface area contributed by atoms with E-state index in [-0.39, 0.29) is 11.6 Å². The third kappa shape index (κ3) is 1.95. The van der Waals surface area contributed by atoms with Crippen LogP contribution in [0.3, 0.4) is 0 Å². The number of hydrogen-bond acceptors (Lipinski definition) is 3. The van der Waals surface area contributed by atoms with Crippen LogP contribution in [0, 0.1) is 0 Å². The maximum atomic E-state index is 12.0. The van der Waals surface area contributed by atoms with E-state index in [1.807, 2.05) is 24.3 Å². The van der Waals surface area contributed by atoms with Gasteiger partial charge < -0.3 is 9.47 Å². The van der Waals surface area contributed by atoms with Crippen molar-refractivity contribution in [2.24, 2.45) is 0 Å². The molecular formula is C15H16O3. The van der Waals surface area contributed by atoms with Gasteiger partial charge in [0.1, 0.15) is 11.4 Å². The average Bonchev–Trinajstić information content (AvgIpc) is 3.03. The first-order valence-electron chi connectivity index (χ1n) is 6.42. The minimum atomic E-state index is -0.315. The van der Waals surface area contributed by atoms with Crippen molar-refractivity contribution in [3.63, 3.8) is 0 Å². The van der Waals surface area contributed by atoms with Crippen molar-refractivity contribution in [1.82, 2.24) is 0 Å². The molecule has 2 aliphatic rings. The van der Waals surface area contributed by atoms with Gasteiger partial charge in [-0.3, -0.25) is 0 Å². The lowest BCUT2D eigenvalue weighted by Gasteiger charge is -2.25. The molecule has 1 aliphatic heterocycles. The SMILES string of the molecule is O=C(OC1=CCOC12CCCC2)c1ccccc1. The molecule has 94 valence electrons. The number of rotatable bonds is 2. The Kier molecular flexibility index (Phi) is 2.92. The zero-order valence-corrected chi connectivity index (χ0v) is 10.2. The van der Waals surface area contributed by atoms with Gasteiger partial charge in [-0.15, -0.1) is 0 Å². The Hall–Kier alpha value is -1.61. The Bertz CT molecular complexity index is 470. The van der Waals surface area contributed by atoms with Crippen LogP contribution in [-0.4, -0.2) is 18.2 Å². The quantitative estimate of drug-likeness (QED) is 0.750. The van der Waals surface area contributed by atoms with Crippen LogP contribution in [-0.2, 0) is 9.47 Å². The van der Waals surface area contributed by atoms with Crippen LogP contribution in [0.5, 0.6) is 0 Å². The number of benzene rings is 1. The second-order valence-electron chi connectivity index (χ2n) is 4.84. The number of carbonyl (C=O) groups is 1. The van der Waals surface area contributed by atoms with Gasteiger partial charge in [-0.25, -0.2) is 4.79 Å². The topological polar surface area (TPSA) is 35.5 Å². The average molecular weight is 244 g/mol. The van der Waals surface area contributed by atoms with E-state index >= 15 is 0 Å². The summed E-state index contributed by atoms with van der Waals surface area (Å²) in [6.07, 6.45) is 6.09. The van der Waals surface area contributed by atoms with Gasteiger partial charge in [0.2, 0.25) is 0 Å². The van der Waals surface area contributed by atoms with Gasteiger partial charge >= 0.3 is 5.97 Å². The second kappa shape index (κ2) is 4.58. The molecular weight excluding hydrogens is 228 g/mol. The molecule has 3 nitrogen and oxygen atoms in total. The standard InChI is InChI=1S/C15H16O3/c16-14(12-6-2-1-3-7-12)18-13-8-11-17-15(13)9-4-5-10-15/h1-3,6-8H,4-5,9-11H2. The molecule has 3 heteroatoms. The fourth-order valence-corrected chi connectivity index (χ4v) is 2.74. The summed E-state index contributed by atoms with van der Waals surface area (Å²) in [5.74, 6) is 0.424. The lowest BCUT2D eigenvalue weighted by Crippen LogP contribution is -2.29. The van der Waals surface area contributed by atoms with E-state index in [0.717, 1.165) is 25.7 Å². The van der Waals surface area contributed by atoms with Gasteiger partial charge in [-0.05, 0) is 43.9 Å². The fraction of sp³-hybridized carbons (Fsp3) is 0.400. The molecule has 18 heavy (non-hydrogen) atoms. The molecule has 0 N–H and O–H groups in total. The molecule has 1 aromatic carbocycles. The highest BCUT2D eigenvalue weighted by molar-refractivity contribution is 5.90. The van der Waals surface area contributed by atoms with Crippen LogP contribution in [0.2, 0.25) is 0 Å². The van der Waals surface area contributed by atoms with Crippen LogP contribution in [0.4, 0.5) is 0 Å². The minimum absolute atomic E-state index is 0.293. The summed E-state index contributed by atoms with van der Waals surface area (Å²) in [5.41, 5.74) is 0.267. The predicted octanol–water partition coefficient (Wildman–Crippen LogP) is 3.07. The maximum absolute atomic E-state index is 12.0. The van der Waals surface area contributed by atoms with Crippen LogP contribution in [0.1, 0.15) is 36.0 Å². The highest BCUT2D eigenvalue weighted by Crippen LogP contribution is 2.42. The zero-order valence-electron chi connectivity index (χ0n) is 10.2. The van der Waals surface area contributed by atoms with Crippen LogP contribution in [0.25, 0.3) is 0 Å². The van der Waals surface area contributed by atoms with Gasteiger partial charge in [0.05, 0.1) is 12.2 Å². The smallest absolute Gasteiger partial charge is 0.343 e. The minimum Gasteiger partial charge on any atom is -0.425 e. The summed E-state index contributed by atoms with van der Waals surface area (Å²) < 4.78 is 11.3. The maximum Gasteiger partial charge on any atom is 0.343 e. The number of carbonyl (C=O) groups excluding carboxylic acids is 1. The summed E-state index contributed by atoms with van der Waals surface area (Å²) in [6.45, 7) is 0.553. The molecule has 1 spiro atoms. The van der Waals surface area contributed by atoms with Crippen LogP contribution in [0.15, 0.2) is 42.2 Å². The summed E-state index contributed by atoms with van der Waals surface area (Å²) in [5, 5.41) is 0. The lowest BCUT2D eigenvalue weighted by atomic mass is 10.0. The molecule has 0 atom stereocenters. The monoisotopic (exact) mass is 244 g/mol. The third-order valence-electron chi connectivity index (χ3n) is 3.70. The molecule has 0 radical (unpaired) electrons. The van der Waals surface area contributed by atoms with Crippen molar-refractivity contribution in [3.8, 4) is 0 Å². The van der Waals surface area contributed by atoms with Crippen LogP contribution < -0.4 is 0 Å². The summed E-state index contributed by atoms with van der Waals surface area (Å²) in [7, 11) is 0. The molecule has 0 unspecified atom stereocenters. The molecule has 3 rings (SSSR count). The second-order valence-corrected chi connectivity index (χ2v) is 4.84. The molecule has 1 heterocycles. The van der Waals surface area contributed by atoms with Crippen molar-refractivity contribution in [2.75, 3.05) is 6.61 Å². The summed E-state index contributed by atoms with van der Waals surface area (Å²) >= 11 is 0. The first-order valence-corrected chi connectivity index (χ1v) is 6.42. The molecule has 0 aromatic heterocycles. The van der Waals surface area contributed by atoms with Crippen LogP contribution >= 0.6 is 0 Å². The molecule has 1 aromatic rings. The van der Waals surface area contributed by atoms with E-state index in [4.69, 9.17) is 9.47 Å². The Labute approximate surface area is 106 Å². The zero-order chi connectivity index (χ0) is 12.4. The van der Waals surface area contributed by atoms with Gasteiger partial charge in [0.15, 0.2) is 0 Å². The van der Waals surface area contributed by atoms with E-state index in [1.54, 1.807) is 12.1 Å². The third-order valence-corrected chi connectivity index (χ3v) is 3.70. The van der Waals surface area contributed by atoms with Gasteiger partial charge in [0, 0.05) is 0 Å². The van der Waals surface area contributed by atoms with Gasteiger partial charge in [-0.2, -0.15) is 0 Å². The number of ether oxygens (including phenoxy) is 2. The Morgan fingerprint density at radius 3 is 2.61 bits per heavy atom. The first kappa shape index (κ1) is 11.5. The Morgan fingerprint density at radius 1 is 1.17 bits per heavy atom. The number of hydrogen-bond donors (Lipinski definition) is 0. The molecule has 0 amide bonds. The van der Waals surface area contributed by atoms with E-state index in [1.165, 1.54) is 0 Å². The highest BCUT2D eigenvalue weighted by Gasteiger charge is 2.43. The van der Waals surface area contributed by atoms with E-state index in [9.17, 15) is 4.79 Å². The van der Waals surface area contributed by atoms with Crippen molar-refractivity contribution < 1.29 is 14.3 Å². The highest BCUT2D eigenvalue weighted by atomic mass is 16.6. The largest absolute Gasteiger partial charge is 0.425 e. The van der Waals surface area contributed by atoms with E-state index < -0.39 is 0 Å². The lowest BCUT2D eigenvalue weighted by molar-refractivity contribution is -0.0106. The first-order chi connectivity index (χ1) is 8.80.